The van der Waals surface area contributed by atoms with E-state index in [1.807, 2.05) is 25.1 Å². The number of hydrogen-bond acceptors (Lipinski definition) is 4. The zero-order chi connectivity index (χ0) is 15.6. The summed E-state index contributed by atoms with van der Waals surface area (Å²) in [5, 5.41) is 3.02. The molecule has 5 nitrogen and oxygen atoms in total. The van der Waals surface area contributed by atoms with E-state index < -0.39 is 10.0 Å². The molecule has 0 saturated carbocycles. The molecule has 0 bridgehead atoms. The molecule has 0 amide bonds. The van der Waals surface area contributed by atoms with Crippen molar-refractivity contribution in [2.45, 2.75) is 25.7 Å². The normalized spacial score (nSPS) is 11.2. The number of benzene rings is 1. The van der Waals surface area contributed by atoms with Crippen LogP contribution in [0.4, 0.5) is 11.5 Å². The number of anilines is 2. The molecule has 0 aliphatic rings. The van der Waals surface area contributed by atoms with E-state index in [-0.39, 0.29) is 0 Å². The van der Waals surface area contributed by atoms with Gasteiger partial charge in [-0.15, -0.1) is 0 Å². The van der Waals surface area contributed by atoms with Gasteiger partial charge in [0.2, 0.25) is 0 Å². The smallest absolute Gasteiger partial charge is 0.263 e. The maximum Gasteiger partial charge on any atom is 0.263 e. The number of sulfonamides is 1. The van der Waals surface area contributed by atoms with Gasteiger partial charge in [0.25, 0.3) is 10.0 Å². The third kappa shape index (κ3) is 3.16. The fourth-order valence-corrected chi connectivity index (χ4v) is 3.83. The van der Waals surface area contributed by atoms with Crippen LogP contribution in [-0.2, 0) is 10.0 Å². The molecule has 6 heteroatoms. The van der Waals surface area contributed by atoms with Crippen molar-refractivity contribution in [1.82, 2.24) is 4.98 Å². The molecule has 0 fully saturated rings. The summed E-state index contributed by atoms with van der Waals surface area (Å²) < 4.78 is 27.8. The van der Waals surface area contributed by atoms with Gasteiger partial charge in [0.05, 0.1) is 4.90 Å². The highest BCUT2D eigenvalue weighted by Crippen LogP contribution is 2.26. The van der Waals surface area contributed by atoms with Crippen LogP contribution < -0.4 is 10.0 Å². The zero-order valence-corrected chi connectivity index (χ0v) is 13.4. The van der Waals surface area contributed by atoms with Crippen molar-refractivity contribution < 1.29 is 8.42 Å². The SMILES string of the molecule is CNc1cc(C)c(S(=O)(=O)Nc2ncccc2C)c(C)c1. The first-order chi connectivity index (χ1) is 9.85. The second-order valence-electron chi connectivity index (χ2n) is 4.96. The minimum absolute atomic E-state index is 0.298. The first-order valence-corrected chi connectivity index (χ1v) is 8.07. The van der Waals surface area contributed by atoms with E-state index in [1.165, 1.54) is 0 Å². The molecule has 21 heavy (non-hydrogen) atoms. The number of nitrogens with one attached hydrogen (secondary N) is 2. The summed E-state index contributed by atoms with van der Waals surface area (Å²) in [6.07, 6.45) is 1.56. The summed E-state index contributed by atoms with van der Waals surface area (Å²) in [4.78, 5) is 4.38. The Morgan fingerprint density at radius 1 is 1.05 bits per heavy atom. The fraction of sp³-hybridized carbons (Fsp3) is 0.267. The number of aromatic nitrogens is 1. The Labute approximate surface area is 125 Å². The zero-order valence-electron chi connectivity index (χ0n) is 12.6. The molecule has 1 aromatic heterocycles. The quantitative estimate of drug-likeness (QED) is 0.911. The van der Waals surface area contributed by atoms with E-state index in [0.717, 1.165) is 11.3 Å². The van der Waals surface area contributed by atoms with Crippen molar-refractivity contribution in [3.05, 3.63) is 47.2 Å². The maximum atomic E-state index is 12.6. The van der Waals surface area contributed by atoms with Gasteiger partial charge in [-0.1, -0.05) is 6.07 Å². The predicted molar refractivity (Wildman–Crippen MR) is 85.2 cm³/mol. The Morgan fingerprint density at radius 3 is 2.19 bits per heavy atom. The topological polar surface area (TPSA) is 71.1 Å². The monoisotopic (exact) mass is 305 g/mol. The standard InChI is InChI=1S/C15H19N3O2S/c1-10-6-5-7-17-15(10)18-21(19,20)14-11(2)8-13(16-4)9-12(14)3/h5-9,16H,1-4H3,(H,17,18). The number of pyridine rings is 1. The number of nitrogens with zero attached hydrogens (tertiary/aromatic N) is 1. The molecule has 2 aromatic rings. The molecule has 2 rings (SSSR count). The average Bonchev–Trinajstić information content (AvgIpc) is 2.40. The lowest BCUT2D eigenvalue weighted by atomic mass is 10.1. The van der Waals surface area contributed by atoms with Gasteiger partial charge >= 0.3 is 0 Å². The minimum Gasteiger partial charge on any atom is -0.388 e. The number of rotatable bonds is 4. The molecule has 112 valence electrons. The summed E-state index contributed by atoms with van der Waals surface area (Å²) in [6, 6.07) is 7.21. The van der Waals surface area contributed by atoms with Crippen LogP contribution in [0.1, 0.15) is 16.7 Å². The number of aryl methyl sites for hydroxylation is 3. The van der Waals surface area contributed by atoms with E-state index in [1.54, 1.807) is 33.2 Å². The molecular weight excluding hydrogens is 286 g/mol. The van der Waals surface area contributed by atoms with Gasteiger partial charge in [0, 0.05) is 18.9 Å². The highest BCUT2D eigenvalue weighted by atomic mass is 32.2. The molecule has 0 aliphatic heterocycles. The van der Waals surface area contributed by atoms with Crippen molar-refractivity contribution in [3.8, 4) is 0 Å². The average molecular weight is 305 g/mol. The summed E-state index contributed by atoms with van der Waals surface area (Å²) in [7, 11) is -1.86. The van der Waals surface area contributed by atoms with Gasteiger partial charge < -0.3 is 5.32 Å². The highest BCUT2D eigenvalue weighted by Gasteiger charge is 2.21. The summed E-state index contributed by atoms with van der Waals surface area (Å²) in [5.74, 6) is 0.356. The Morgan fingerprint density at radius 2 is 1.67 bits per heavy atom. The van der Waals surface area contributed by atoms with Crippen molar-refractivity contribution in [1.29, 1.82) is 0 Å². The molecule has 1 heterocycles. The largest absolute Gasteiger partial charge is 0.388 e. The predicted octanol–water partition coefficient (Wildman–Crippen LogP) is 2.85. The summed E-state index contributed by atoms with van der Waals surface area (Å²) in [5.41, 5.74) is 3.06. The molecule has 0 unspecified atom stereocenters. The Hall–Kier alpha value is -2.08. The Kier molecular flexibility index (Phi) is 4.18. The molecule has 0 aliphatic carbocycles. The Balaban J connectivity index is 2.48. The van der Waals surface area contributed by atoms with Crippen LogP contribution in [0.3, 0.4) is 0 Å². The number of hydrogen-bond donors (Lipinski definition) is 2. The lowest BCUT2D eigenvalue weighted by Gasteiger charge is -2.15. The highest BCUT2D eigenvalue weighted by molar-refractivity contribution is 7.92. The minimum atomic E-state index is -3.66. The molecule has 0 radical (unpaired) electrons. The van der Waals surface area contributed by atoms with Gasteiger partial charge in [0.1, 0.15) is 5.82 Å². The molecular formula is C15H19N3O2S. The van der Waals surface area contributed by atoms with E-state index in [2.05, 4.69) is 15.0 Å². The van der Waals surface area contributed by atoms with Crippen LogP contribution in [0.2, 0.25) is 0 Å². The van der Waals surface area contributed by atoms with Gasteiger partial charge in [-0.3, -0.25) is 4.72 Å². The third-order valence-corrected chi connectivity index (χ3v) is 4.90. The summed E-state index contributed by atoms with van der Waals surface area (Å²) in [6.45, 7) is 5.38. The van der Waals surface area contributed by atoms with Crippen LogP contribution in [-0.4, -0.2) is 20.4 Å². The van der Waals surface area contributed by atoms with E-state index in [0.29, 0.717) is 21.8 Å². The lowest BCUT2D eigenvalue weighted by Crippen LogP contribution is -2.17. The molecule has 1 aromatic carbocycles. The van der Waals surface area contributed by atoms with Gasteiger partial charge in [-0.2, -0.15) is 0 Å². The molecule has 0 atom stereocenters. The first kappa shape index (κ1) is 15.3. The van der Waals surface area contributed by atoms with E-state index >= 15 is 0 Å². The van der Waals surface area contributed by atoms with Gasteiger partial charge in [-0.05, 0) is 55.7 Å². The van der Waals surface area contributed by atoms with Crippen molar-refractivity contribution >= 4 is 21.5 Å². The van der Waals surface area contributed by atoms with Gasteiger partial charge in [0.15, 0.2) is 0 Å². The van der Waals surface area contributed by atoms with Crippen molar-refractivity contribution in [2.24, 2.45) is 0 Å². The fourth-order valence-electron chi connectivity index (χ4n) is 2.29. The first-order valence-electron chi connectivity index (χ1n) is 6.58. The van der Waals surface area contributed by atoms with Crippen LogP contribution in [0.5, 0.6) is 0 Å². The van der Waals surface area contributed by atoms with Crippen molar-refractivity contribution in [3.63, 3.8) is 0 Å². The van der Waals surface area contributed by atoms with E-state index in [9.17, 15) is 8.42 Å². The van der Waals surface area contributed by atoms with Gasteiger partial charge in [-0.25, -0.2) is 13.4 Å². The van der Waals surface area contributed by atoms with Crippen LogP contribution in [0, 0.1) is 20.8 Å². The lowest BCUT2D eigenvalue weighted by molar-refractivity contribution is 0.600. The molecule has 0 spiro atoms. The second-order valence-corrected chi connectivity index (χ2v) is 6.58. The second kappa shape index (κ2) is 5.73. The van der Waals surface area contributed by atoms with Crippen LogP contribution in [0.15, 0.2) is 35.4 Å². The van der Waals surface area contributed by atoms with Crippen LogP contribution >= 0.6 is 0 Å². The molecule has 2 N–H and O–H groups in total. The molecule has 0 saturated heterocycles. The van der Waals surface area contributed by atoms with Crippen LogP contribution in [0.25, 0.3) is 0 Å². The Bertz CT molecular complexity index is 747. The van der Waals surface area contributed by atoms with E-state index in [4.69, 9.17) is 0 Å². The maximum absolute atomic E-state index is 12.6. The third-order valence-electron chi connectivity index (χ3n) is 3.26. The summed E-state index contributed by atoms with van der Waals surface area (Å²) >= 11 is 0. The van der Waals surface area contributed by atoms with Crippen molar-refractivity contribution in [2.75, 3.05) is 17.1 Å².